The summed E-state index contributed by atoms with van der Waals surface area (Å²) in [5.74, 6) is -0.246. The highest BCUT2D eigenvalue weighted by Crippen LogP contribution is 2.21. The zero-order valence-electron chi connectivity index (χ0n) is 9.64. The van der Waals surface area contributed by atoms with Gasteiger partial charge in [0.05, 0.1) is 22.9 Å². The third kappa shape index (κ3) is 1.64. The maximum Gasteiger partial charge on any atom is 0.182 e. The van der Waals surface area contributed by atoms with Crippen LogP contribution in [0.4, 0.5) is 4.39 Å². The number of halogens is 1. The van der Waals surface area contributed by atoms with E-state index in [0.717, 1.165) is 22.3 Å². The fourth-order valence-electron chi connectivity index (χ4n) is 2.07. The lowest BCUT2D eigenvalue weighted by Gasteiger charge is -2.08. The van der Waals surface area contributed by atoms with E-state index in [2.05, 4.69) is 9.97 Å². The minimum absolute atomic E-state index is 0.246. The number of hydrogen-bond acceptors (Lipinski definition) is 2. The molecule has 3 rings (SSSR count). The predicted molar refractivity (Wildman–Crippen MR) is 70.9 cm³/mol. The number of nitrogens with zero attached hydrogens (tertiary/aromatic N) is 2. The smallest absolute Gasteiger partial charge is 0.182 e. The van der Waals surface area contributed by atoms with Gasteiger partial charge in [-0.1, -0.05) is 0 Å². The van der Waals surface area contributed by atoms with Crippen LogP contribution in [0, 0.1) is 17.5 Å². The summed E-state index contributed by atoms with van der Waals surface area (Å²) in [6.07, 6.45) is 3.43. The molecule has 18 heavy (non-hydrogen) atoms. The van der Waals surface area contributed by atoms with Crippen molar-refractivity contribution in [3.8, 4) is 5.69 Å². The molecule has 0 amide bonds. The van der Waals surface area contributed by atoms with E-state index in [9.17, 15) is 4.39 Å². The Morgan fingerprint density at radius 1 is 1.33 bits per heavy atom. The van der Waals surface area contributed by atoms with E-state index < -0.39 is 0 Å². The molecule has 0 aliphatic heterocycles. The Kier molecular flexibility index (Phi) is 2.48. The van der Waals surface area contributed by atoms with Crippen LogP contribution in [-0.4, -0.2) is 14.5 Å². The number of H-pyrrole nitrogens is 1. The van der Waals surface area contributed by atoms with Crippen molar-refractivity contribution in [3.63, 3.8) is 0 Å². The van der Waals surface area contributed by atoms with Crippen molar-refractivity contribution in [1.82, 2.24) is 14.5 Å². The Morgan fingerprint density at radius 3 is 2.94 bits per heavy atom. The first-order valence-electron chi connectivity index (χ1n) is 5.48. The van der Waals surface area contributed by atoms with Crippen molar-refractivity contribution >= 4 is 23.3 Å². The van der Waals surface area contributed by atoms with Gasteiger partial charge < -0.3 is 4.98 Å². The van der Waals surface area contributed by atoms with Crippen molar-refractivity contribution in [3.05, 3.63) is 52.8 Å². The molecule has 1 N–H and O–H groups in total. The number of aryl methyl sites for hydroxylation is 1. The van der Waals surface area contributed by atoms with Crippen molar-refractivity contribution in [1.29, 1.82) is 0 Å². The largest absolute Gasteiger partial charge is 0.329 e. The second-order valence-electron chi connectivity index (χ2n) is 4.09. The first kappa shape index (κ1) is 11.1. The summed E-state index contributed by atoms with van der Waals surface area (Å²) < 4.78 is 15.6. The standard InChI is InChI=1S/C13H10FN3S/c1-8-6-9(14)2-3-11(8)17-12-4-5-15-7-10(12)16-13(17)18/h2-7H,1H3,(H,16,18). The molecular weight excluding hydrogens is 249 g/mol. The molecule has 2 aromatic heterocycles. The van der Waals surface area contributed by atoms with Gasteiger partial charge in [-0.25, -0.2) is 4.39 Å². The normalized spacial score (nSPS) is 11.0. The number of fused-ring (bicyclic) bond motifs is 1. The maximum absolute atomic E-state index is 13.2. The molecule has 3 nitrogen and oxygen atoms in total. The molecule has 0 atom stereocenters. The van der Waals surface area contributed by atoms with Gasteiger partial charge in [0.15, 0.2) is 4.77 Å². The number of benzene rings is 1. The lowest BCUT2D eigenvalue weighted by Crippen LogP contribution is -1.97. The van der Waals surface area contributed by atoms with E-state index in [1.807, 2.05) is 17.6 Å². The van der Waals surface area contributed by atoms with Gasteiger partial charge in [-0.3, -0.25) is 9.55 Å². The second kappa shape index (κ2) is 4.03. The summed E-state index contributed by atoms with van der Waals surface area (Å²) in [5.41, 5.74) is 3.51. The summed E-state index contributed by atoms with van der Waals surface area (Å²) >= 11 is 5.31. The van der Waals surface area contributed by atoms with Gasteiger partial charge in [0.2, 0.25) is 0 Å². The fraction of sp³-hybridized carbons (Fsp3) is 0.0769. The van der Waals surface area contributed by atoms with Gasteiger partial charge in [-0.2, -0.15) is 0 Å². The molecule has 3 aromatic rings. The number of pyridine rings is 1. The molecule has 1 aromatic carbocycles. The van der Waals surface area contributed by atoms with E-state index in [-0.39, 0.29) is 5.82 Å². The van der Waals surface area contributed by atoms with Crippen LogP contribution in [-0.2, 0) is 0 Å². The third-order valence-corrected chi connectivity index (χ3v) is 3.17. The average Bonchev–Trinajstić information content (AvgIpc) is 2.66. The van der Waals surface area contributed by atoms with Crippen LogP contribution in [0.3, 0.4) is 0 Å². The van der Waals surface area contributed by atoms with Crippen molar-refractivity contribution in [2.24, 2.45) is 0 Å². The molecule has 0 radical (unpaired) electrons. The van der Waals surface area contributed by atoms with Gasteiger partial charge in [0.25, 0.3) is 0 Å². The van der Waals surface area contributed by atoms with Crippen LogP contribution >= 0.6 is 12.2 Å². The molecule has 2 heterocycles. The number of imidazole rings is 1. The molecule has 0 spiro atoms. The van der Waals surface area contributed by atoms with Crippen molar-refractivity contribution < 1.29 is 4.39 Å². The number of aromatic amines is 1. The monoisotopic (exact) mass is 259 g/mol. The predicted octanol–water partition coefficient (Wildman–Crippen LogP) is 3.53. The average molecular weight is 259 g/mol. The van der Waals surface area contributed by atoms with Gasteiger partial charge in [-0.15, -0.1) is 0 Å². The fourth-order valence-corrected chi connectivity index (χ4v) is 2.37. The van der Waals surface area contributed by atoms with Crippen molar-refractivity contribution in [2.75, 3.05) is 0 Å². The Morgan fingerprint density at radius 2 is 2.17 bits per heavy atom. The Hall–Kier alpha value is -2.01. The molecule has 90 valence electrons. The molecule has 0 aliphatic carbocycles. The van der Waals surface area contributed by atoms with Crippen molar-refractivity contribution in [2.45, 2.75) is 6.92 Å². The zero-order chi connectivity index (χ0) is 12.7. The molecule has 0 unspecified atom stereocenters. The zero-order valence-corrected chi connectivity index (χ0v) is 10.5. The van der Waals surface area contributed by atoms with E-state index >= 15 is 0 Å². The van der Waals surface area contributed by atoms with E-state index in [1.54, 1.807) is 18.5 Å². The molecule has 0 fully saturated rings. The van der Waals surface area contributed by atoms with Gasteiger partial charge in [0, 0.05) is 6.20 Å². The van der Waals surface area contributed by atoms with Crippen LogP contribution in [0.15, 0.2) is 36.7 Å². The van der Waals surface area contributed by atoms with E-state index in [4.69, 9.17) is 12.2 Å². The number of hydrogen-bond donors (Lipinski definition) is 1. The van der Waals surface area contributed by atoms with Crippen LogP contribution in [0.1, 0.15) is 5.56 Å². The van der Waals surface area contributed by atoms with Crippen LogP contribution in [0.25, 0.3) is 16.7 Å². The Labute approximate surface area is 108 Å². The molecule has 0 saturated carbocycles. The highest BCUT2D eigenvalue weighted by Gasteiger charge is 2.08. The van der Waals surface area contributed by atoms with E-state index in [0.29, 0.717) is 4.77 Å². The first-order chi connectivity index (χ1) is 8.66. The highest BCUT2D eigenvalue weighted by molar-refractivity contribution is 7.71. The summed E-state index contributed by atoms with van der Waals surface area (Å²) in [6, 6.07) is 6.54. The van der Waals surface area contributed by atoms with Gasteiger partial charge in [0.1, 0.15) is 5.82 Å². The molecule has 0 saturated heterocycles. The van der Waals surface area contributed by atoms with E-state index in [1.165, 1.54) is 12.1 Å². The summed E-state index contributed by atoms with van der Waals surface area (Å²) in [7, 11) is 0. The molecule has 0 aliphatic rings. The lowest BCUT2D eigenvalue weighted by molar-refractivity contribution is 0.626. The Bertz CT molecular complexity index is 788. The summed E-state index contributed by atoms with van der Waals surface area (Å²) in [4.78, 5) is 7.14. The quantitative estimate of drug-likeness (QED) is 0.678. The summed E-state index contributed by atoms with van der Waals surface area (Å²) in [5, 5.41) is 0. The minimum Gasteiger partial charge on any atom is -0.329 e. The van der Waals surface area contributed by atoms with Gasteiger partial charge in [-0.05, 0) is 49.0 Å². The highest BCUT2D eigenvalue weighted by atomic mass is 32.1. The SMILES string of the molecule is Cc1cc(F)ccc1-n1c(=S)[nH]c2cnccc21. The molecular formula is C13H10FN3S. The molecule has 5 heteroatoms. The number of rotatable bonds is 1. The second-order valence-corrected chi connectivity index (χ2v) is 4.48. The Balaban J connectivity index is 2.38. The maximum atomic E-state index is 13.2. The minimum atomic E-state index is -0.246. The topological polar surface area (TPSA) is 33.6 Å². The van der Waals surface area contributed by atoms with Gasteiger partial charge >= 0.3 is 0 Å². The third-order valence-electron chi connectivity index (χ3n) is 2.88. The van der Waals surface area contributed by atoms with Crippen LogP contribution in [0.5, 0.6) is 0 Å². The van der Waals surface area contributed by atoms with Crippen LogP contribution in [0.2, 0.25) is 0 Å². The number of nitrogens with one attached hydrogen (secondary N) is 1. The van der Waals surface area contributed by atoms with Crippen LogP contribution < -0.4 is 0 Å². The first-order valence-corrected chi connectivity index (χ1v) is 5.89. The molecule has 0 bridgehead atoms. The number of aromatic nitrogens is 3. The summed E-state index contributed by atoms with van der Waals surface area (Å²) in [6.45, 7) is 1.86. The lowest BCUT2D eigenvalue weighted by atomic mass is 10.2.